The third-order valence-corrected chi connectivity index (χ3v) is 5.14. The zero-order chi connectivity index (χ0) is 17.2. The van der Waals surface area contributed by atoms with Crippen molar-refractivity contribution in [1.29, 1.82) is 0 Å². The topological polar surface area (TPSA) is 70.5 Å². The van der Waals surface area contributed by atoms with E-state index in [4.69, 9.17) is 0 Å². The third kappa shape index (κ3) is 3.05. The molecule has 3 heterocycles. The molecule has 1 N–H and O–H groups in total. The van der Waals surface area contributed by atoms with Crippen molar-refractivity contribution in [3.8, 4) is 0 Å². The first-order valence-electron chi connectivity index (χ1n) is 8.83. The Bertz CT molecular complexity index is 570. The molecule has 0 aromatic carbocycles. The summed E-state index contributed by atoms with van der Waals surface area (Å²) in [5.74, 6) is 0.321. The van der Waals surface area contributed by atoms with E-state index in [2.05, 4.69) is 10.4 Å². The molecular weight excluding hydrogens is 306 g/mol. The van der Waals surface area contributed by atoms with E-state index >= 15 is 0 Å². The van der Waals surface area contributed by atoms with Crippen molar-refractivity contribution < 1.29 is 9.59 Å². The van der Waals surface area contributed by atoms with Gasteiger partial charge >= 0.3 is 0 Å². The van der Waals surface area contributed by atoms with E-state index in [9.17, 15) is 9.59 Å². The molecule has 2 amide bonds. The van der Waals surface area contributed by atoms with Crippen LogP contribution >= 0.6 is 0 Å². The molecule has 0 unspecified atom stereocenters. The molecule has 7 nitrogen and oxygen atoms in total. The normalized spacial score (nSPS) is 21.1. The van der Waals surface area contributed by atoms with Crippen LogP contribution in [0.3, 0.4) is 0 Å². The molecule has 0 spiro atoms. The minimum absolute atomic E-state index is 0.00656. The van der Waals surface area contributed by atoms with Gasteiger partial charge < -0.3 is 15.1 Å². The highest BCUT2D eigenvalue weighted by Crippen LogP contribution is 2.30. The van der Waals surface area contributed by atoms with Crippen LogP contribution in [0.2, 0.25) is 0 Å². The highest BCUT2D eigenvalue weighted by atomic mass is 16.2. The van der Waals surface area contributed by atoms with Gasteiger partial charge in [0.1, 0.15) is 5.54 Å². The quantitative estimate of drug-likeness (QED) is 0.863. The smallest absolute Gasteiger partial charge is 0.250 e. The largest absolute Gasteiger partial charge is 0.339 e. The molecule has 0 radical (unpaired) electrons. The lowest BCUT2D eigenvalue weighted by molar-refractivity contribution is -0.148. The summed E-state index contributed by atoms with van der Waals surface area (Å²) in [6.45, 7) is 7.92. The van der Waals surface area contributed by atoms with Gasteiger partial charge in [-0.25, -0.2) is 0 Å². The summed E-state index contributed by atoms with van der Waals surface area (Å²) in [7, 11) is 0. The van der Waals surface area contributed by atoms with Crippen molar-refractivity contribution >= 4 is 11.8 Å². The van der Waals surface area contributed by atoms with Crippen LogP contribution in [-0.4, -0.2) is 70.7 Å². The molecule has 2 fully saturated rings. The summed E-state index contributed by atoms with van der Waals surface area (Å²) in [5.41, 5.74) is -0.584. The van der Waals surface area contributed by atoms with E-state index in [1.807, 2.05) is 40.6 Å². The van der Waals surface area contributed by atoms with Crippen molar-refractivity contribution in [2.45, 2.75) is 32.2 Å². The highest BCUT2D eigenvalue weighted by molar-refractivity contribution is 5.85. The van der Waals surface area contributed by atoms with Gasteiger partial charge in [0.05, 0.1) is 0 Å². The summed E-state index contributed by atoms with van der Waals surface area (Å²) in [4.78, 5) is 29.2. The summed E-state index contributed by atoms with van der Waals surface area (Å²) in [5, 5.41) is 7.70. The van der Waals surface area contributed by atoms with Crippen molar-refractivity contribution in [2.24, 2.45) is 5.92 Å². The van der Waals surface area contributed by atoms with Crippen LogP contribution < -0.4 is 5.32 Å². The fourth-order valence-electron chi connectivity index (χ4n) is 3.69. The van der Waals surface area contributed by atoms with E-state index in [1.54, 1.807) is 6.20 Å². The number of hydrogen-bond donors (Lipinski definition) is 1. The summed E-state index contributed by atoms with van der Waals surface area (Å²) in [6, 6.07) is 1.87. The maximum Gasteiger partial charge on any atom is 0.250 e. The van der Waals surface area contributed by atoms with Crippen molar-refractivity contribution in [3.05, 3.63) is 18.5 Å². The molecule has 2 aliphatic heterocycles. The van der Waals surface area contributed by atoms with Crippen LogP contribution in [0.15, 0.2) is 18.5 Å². The Kier molecular flexibility index (Phi) is 4.89. The minimum Gasteiger partial charge on any atom is -0.339 e. The molecule has 3 rings (SSSR count). The molecule has 0 saturated carbocycles. The van der Waals surface area contributed by atoms with Gasteiger partial charge in [-0.05, 0) is 32.0 Å². The third-order valence-electron chi connectivity index (χ3n) is 5.14. The molecule has 7 heteroatoms. The SMILES string of the molecule is CC(C)C(=O)N1CCN(C(=O)C2(n3cccn3)CCNCC2)CC1. The van der Waals surface area contributed by atoms with Crippen molar-refractivity contribution in [3.63, 3.8) is 0 Å². The first-order chi connectivity index (χ1) is 11.5. The predicted molar refractivity (Wildman–Crippen MR) is 90.3 cm³/mol. The predicted octanol–water partition coefficient (Wildman–Crippen LogP) is 0.289. The standard InChI is InChI=1S/C17H27N5O2/c1-14(2)15(23)20-10-12-21(13-11-20)16(24)17(4-7-18-8-5-17)22-9-3-6-19-22/h3,6,9,14,18H,4-5,7-8,10-13H2,1-2H3. The number of carbonyl (C=O) groups excluding carboxylic acids is 2. The van der Waals surface area contributed by atoms with Crippen LogP contribution in [0.1, 0.15) is 26.7 Å². The molecule has 2 saturated heterocycles. The van der Waals surface area contributed by atoms with Gasteiger partial charge in [0.2, 0.25) is 5.91 Å². The average Bonchev–Trinajstić information content (AvgIpc) is 3.16. The van der Waals surface area contributed by atoms with Crippen molar-refractivity contribution in [1.82, 2.24) is 24.9 Å². The Morgan fingerprint density at radius 3 is 2.25 bits per heavy atom. The number of piperazine rings is 1. The van der Waals surface area contributed by atoms with Crippen molar-refractivity contribution in [2.75, 3.05) is 39.3 Å². The van der Waals surface area contributed by atoms with E-state index in [-0.39, 0.29) is 17.7 Å². The molecule has 0 aliphatic carbocycles. The zero-order valence-corrected chi connectivity index (χ0v) is 14.6. The van der Waals surface area contributed by atoms with E-state index < -0.39 is 5.54 Å². The Morgan fingerprint density at radius 1 is 1.08 bits per heavy atom. The van der Waals surface area contributed by atoms with E-state index in [1.165, 1.54) is 0 Å². The van der Waals surface area contributed by atoms with E-state index in [0.29, 0.717) is 26.2 Å². The minimum atomic E-state index is -0.584. The van der Waals surface area contributed by atoms with Crippen LogP contribution in [0.5, 0.6) is 0 Å². The number of nitrogens with one attached hydrogen (secondary N) is 1. The molecule has 1 aromatic rings. The molecule has 132 valence electrons. The van der Waals surface area contributed by atoms with Gasteiger partial charge in [-0.3, -0.25) is 14.3 Å². The van der Waals surface area contributed by atoms with Gasteiger partial charge in [-0.2, -0.15) is 5.10 Å². The van der Waals surface area contributed by atoms with Gasteiger partial charge in [0.15, 0.2) is 0 Å². The Morgan fingerprint density at radius 2 is 1.71 bits per heavy atom. The molecular formula is C17H27N5O2. The summed E-state index contributed by atoms with van der Waals surface area (Å²) < 4.78 is 1.84. The maximum absolute atomic E-state index is 13.3. The number of piperidine rings is 1. The number of aromatic nitrogens is 2. The zero-order valence-electron chi connectivity index (χ0n) is 14.6. The molecule has 2 aliphatic rings. The maximum atomic E-state index is 13.3. The Labute approximate surface area is 143 Å². The number of hydrogen-bond acceptors (Lipinski definition) is 4. The first kappa shape index (κ1) is 17.0. The number of amides is 2. The van der Waals surface area contributed by atoms with Crippen LogP contribution in [-0.2, 0) is 15.1 Å². The van der Waals surface area contributed by atoms with Gasteiger partial charge in [0.25, 0.3) is 5.91 Å². The highest BCUT2D eigenvalue weighted by Gasteiger charge is 2.45. The monoisotopic (exact) mass is 333 g/mol. The van der Waals surface area contributed by atoms with Gasteiger partial charge in [-0.1, -0.05) is 13.8 Å². The second-order valence-corrected chi connectivity index (χ2v) is 7.00. The molecule has 0 atom stereocenters. The molecule has 0 bridgehead atoms. The first-order valence-corrected chi connectivity index (χ1v) is 8.83. The molecule has 24 heavy (non-hydrogen) atoms. The van der Waals surface area contributed by atoms with Gasteiger partial charge in [0, 0.05) is 44.5 Å². The average molecular weight is 333 g/mol. The van der Waals surface area contributed by atoms with Gasteiger partial charge in [-0.15, -0.1) is 0 Å². The number of nitrogens with zero attached hydrogens (tertiary/aromatic N) is 4. The lowest BCUT2D eigenvalue weighted by Gasteiger charge is -2.43. The lowest BCUT2D eigenvalue weighted by atomic mass is 9.86. The molecule has 1 aromatic heterocycles. The number of carbonyl (C=O) groups is 2. The van der Waals surface area contributed by atoms with Crippen LogP contribution in [0.4, 0.5) is 0 Å². The second kappa shape index (κ2) is 6.93. The summed E-state index contributed by atoms with van der Waals surface area (Å²) >= 11 is 0. The van der Waals surface area contributed by atoms with E-state index in [0.717, 1.165) is 25.9 Å². The Balaban J connectivity index is 1.72. The lowest BCUT2D eigenvalue weighted by Crippen LogP contribution is -2.60. The fraction of sp³-hybridized carbons (Fsp3) is 0.706. The number of rotatable bonds is 3. The van der Waals surface area contributed by atoms with Crippen LogP contribution in [0.25, 0.3) is 0 Å². The second-order valence-electron chi connectivity index (χ2n) is 7.00. The van der Waals surface area contributed by atoms with Crippen LogP contribution in [0, 0.1) is 5.92 Å². The fourth-order valence-corrected chi connectivity index (χ4v) is 3.69. The summed E-state index contributed by atoms with van der Waals surface area (Å²) in [6.07, 6.45) is 5.12. The Hall–Kier alpha value is -1.89.